The van der Waals surface area contributed by atoms with Gasteiger partial charge in [-0.25, -0.2) is 0 Å². The maximum atomic E-state index is 10.9. The highest BCUT2D eigenvalue weighted by Crippen LogP contribution is 2.37. The van der Waals surface area contributed by atoms with Crippen LogP contribution in [0.4, 0.5) is 0 Å². The SMILES string of the molecule is CN(C)CCOc1ccc(C2CC3=CC=Cc4c5c(cc(O)c4=C3CO2)=CCCO5)cc1. The van der Waals surface area contributed by atoms with Crippen LogP contribution in [0.5, 0.6) is 17.2 Å². The van der Waals surface area contributed by atoms with E-state index < -0.39 is 0 Å². The first-order chi connectivity index (χ1) is 15.6. The van der Waals surface area contributed by atoms with Gasteiger partial charge in [-0.15, -0.1) is 0 Å². The molecule has 5 nitrogen and oxygen atoms in total. The third-order valence-electron chi connectivity index (χ3n) is 6.20. The Labute approximate surface area is 188 Å². The second kappa shape index (κ2) is 8.85. The summed E-state index contributed by atoms with van der Waals surface area (Å²) >= 11 is 0. The average Bonchev–Trinajstić information content (AvgIpc) is 2.99. The van der Waals surface area contributed by atoms with E-state index in [0.29, 0.717) is 19.8 Å². The van der Waals surface area contributed by atoms with E-state index in [2.05, 4.69) is 35.3 Å². The van der Waals surface area contributed by atoms with Crippen LogP contribution in [-0.4, -0.2) is 50.5 Å². The Morgan fingerprint density at radius 2 is 2.03 bits per heavy atom. The number of phenols is 1. The van der Waals surface area contributed by atoms with Crippen LogP contribution in [0.3, 0.4) is 0 Å². The van der Waals surface area contributed by atoms with Gasteiger partial charge in [-0.3, -0.25) is 0 Å². The highest BCUT2D eigenvalue weighted by molar-refractivity contribution is 5.77. The summed E-state index contributed by atoms with van der Waals surface area (Å²) < 4.78 is 18.1. The van der Waals surface area contributed by atoms with Gasteiger partial charge >= 0.3 is 0 Å². The highest BCUT2D eigenvalue weighted by atomic mass is 16.5. The smallest absolute Gasteiger partial charge is 0.134 e. The second-order valence-electron chi connectivity index (χ2n) is 8.70. The molecule has 2 aromatic rings. The van der Waals surface area contributed by atoms with E-state index in [9.17, 15) is 5.11 Å². The summed E-state index contributed by atoms with van der Waals surface area (Å²) in [7, 11) is 4.07. The summed E-state index contributed by atoms with van der Waals surface area (Å²) in [5, 5.41) is 12.7. The molecule has 1 atom stereocenters. The minimum Gasteiger partial charge on any atom is -0.507 e. The van der Waals surface area contributed by atoms with Crippen LogP contribution in [-0.2, 0) is 4.74 Å². The van der Waals surface area contributed by atoms with E-state index in [1.165, 1.54) is 5.57 Å². The Hall–Kier alpha value is -3.02. The van der Waals surface area contributed by atoms with E-state index >= 15 is 0 Å². The lowest BCUT2D eigenvalue weighted by atomic mass is 9.91. The molecule has 2 aliphatic heterocycles. The molecule has 0 radical (unpaired) electrons. The monoisotopic (exact) mass is 431 g/mol. The van der Waals surface area contributed by atoms with Crippen LogP contribution in [0.25, 0.3) is 17.7 Å². The number of hydrogen-bond donors (Lipinski definition) is 1. The lowest BCUT2D eigenvalue weighted by Crippen LogP contribution is -2.26. The van der Waals surface area contributed by atoms with Gasteiger partial charge in [0.05, 0.1) is 19.3 Å². The quantitative estimate of drug-likeness (QED) is 0.788. The van der Waals surface area contributed by atoms with Crippen molar-refractivity contribution < 1.29 is 19.3 Å². The van der Waals surface area contributed by atoms with Gasteiger partial charge in [0, 0.05) is 35.4 Å². The van der Waals surface area contributed by atoms with Crippen molar-refractivity contribution in [2.24, 2.45) is 0 Å². The molecular formula is C27H29NO4. The number of phenolic OH excluding ortho intramolecular Hbond substituents is 1. The first-order valence-corrected chi connectivity index (χ1v) is 11.2. The molecule has 2 heterocycles. The topological polar surface area (TPSA) is 51.2 Å². The van der Waals surface area contributed by atoms with Gasteiger partial charge in [-0.1, -0.05) is 36.4 Å². The van der Waals surface area contributed by atoms with E-state index in [1.54, 1.807) is 0 Å². The normalized spacial score (nSPS) is 19.2. The fourth-order valence-electron chi connectivity index (χ4n) is 4.52. The molecule has 166 valence electrons. The first-order valence-electron chi connectivity index (χ1n) is 11.2. The molecule has 1 saturated heterocycles. The Bertz CT molecular complexity index is 1190. The van der Waals surface area contributed by atoms with E-state index in [0.717, 1.165) is 58.0 Å². The van der Waals surface area contributed by atoms with Gasteiger partial charge in [0.2, 0.25) is 0 Å². The number of allylic oxidation sites excluding steroid dienone is 2. The molecule has 1 N–H and O–H groups in total. The average molecular weight is 432 g/mol. The molecule has 32 heavy (non-hydrogen) atoms. The molecule has 2 aromatic carbocycles. The van der Waals surface area contributed by atoms with Gasteiger partial charge in [0.15, 0.2) is 0 Å². The maximum Gasteiger partial charge on any atom is 0.134 e. The largest absolute Gasteiger partial charge is 0.507 e. The maximum absolute atomic E-state index is 10.9. The van der Waals surface area contributed by atoms with Crippen LogP contribution < -0.4 is 19.9 Å². The highest BCUT2D eigenvalue weighted by Gasteiger charge is 2.26. The van der Waals surface area contributed by atoms with Crippen molar-refractivity contribution >= 4 is 17.7 Å². The van der Waals surface area contributed by atoms with Crippen LogP contribution in [0.2, 0.25) is 0 Å². The zero-order valence-corrected chi connectivity index (χ0v) is 18.6. The van der Waals surface area contributed by atoms with Crippen molar-refractivity contribution in [3.63, 3.8) is 0 Å². The molecule has 0 spiro atoms. The Kier molecular flexibility index (Phi) is 5.77. The fraction of sp³-hybridized carbons (Fsp3) is 0.333. The van der Waals surface area contributed by atoms with Crippen LogP contribution in [0.15, 0.2) is 48.1 Å². The van der Waals surface area contributed by atoms with E-state index in [4.69, 9.17) is 14.2 Å². The Morgan fingerprint density at radius 3 is 2.84 bits per heavy atom. The molecule has 1 fully saturated rings. The fourth-order valence-corrected chi connectivity index (χ4v) is 4.52. The zero-order chi connectivity index (χ0) is 22.1. The standard InChI is InChI=1S/C27H29NO4/c1-28(2)12-14-30-21-10-8-18(9-11-21)25-16-19-5-3-7-22-26(23(19)17-32-25)24(29)15-20-6-4-13-31-27(20)22/h3,5-11,15,25,29H,4,12-14,16-17H2,1-2H3. The molecular weight excluding hydrogens is 402 g/mol. The van der Waals surface area contributed by atoms with Crippen LogP contribution in [0, 0.1) is 0 Å². The summed E-state index contributed by atoms with van der Waals surface area (Å²) in [6, 6.07) is 10.0. The first kappa shape index (κ1) is 20.9. The Balaban J connectivity index is 1.41. The Morgan fingerprint density at radius 1 is 1.19 bits per heavy atom. The third-order valence-corrected chi connectivity index (χ3v) is 6.20. The lowest BCUT2D eigenvalue weighted by molar-refractivity contribution is 0.0673. The minimum atomic E-state index is -0.0277. The third kappa shape index (κ3) is 4.06. The van der Waals surface area contributed by atoms with Gasteiger partial charge in [0.1, 0.15) is 23.9 Å². The van der Waals surface area contributed by atoms with Crippen molar-refractivity contribution in [2.45, 2.75) is 18.9 Å². The summed E-state index contributed by atoms with van der Waals surface area (Å²) in [5.41, 5.74) is 4.31. The van der Waals surface area contributed by atoms with Gasteiger partial charge in [-0.2, -0.15) is 0 Å². The number of hydrogen-bond acceptors (Lipinski definition) is 5. The number of aromatic hydroxyl groups is 1. The summed E-state index contributed by atoms with van der Waals surface area (Å²) in [6.07, 6.45) is 9.95. The molecule has 0 saturated carbocycles. The number of ether oxygens (including phenoxy) is 3. The van der Waals surface area contributed by atoms with Crippen molar-refractivity contribution in [2.75, 3.05) is 40.5 Å². The molecule has 0 bridgehead atoms. The van der Waals surface area contributed by atoms with Crippen LogP contribution in [0.1, 0.15) is 30.1 Å². The van der Waals surface area contributed by atoms with E-state index in [1.807, 2.05) is 38.4 Å². The number of likely N-dealkylation sites (N-methyl/N-ethyl adjacent to an activating group) is 1. The lowest BCUT2D eigenvalue weighted by Gasteiger charge is -2.28. The van der Waals surface area contributed by atoms with Gasteiger partial charge in [-0.05, 0) is 49.0 Å². The zero-order valence-electron chi connectivity index (χ0n) is 18.6. The second-order valence-corrected chi connectivity index (χ2v) is 8.70. The molecule has 5 heteroatoms. The summed E-state index contributed by atoms with van der Waals surface area (Å²) in [5.74, 6) is 2.01. The van der Waals surface area contributed by atoms with Gasteiger partial charge < -0.3 is 24.2 Å². The summed E-state index contributed by atoms with van der Waals surface area (Å²) in [6.45, 7) is 2.66. The number of benzene rings is 2. The molecule has 0 aromatic heterocycles. The van der Waals surface area contributed by atoms with Crippen molar-refractivity contribution in [3.05, 3.63) is 69.6 Å². The van der Waals surface area contributed by atoms with Gasteiger partial charge in [0.25, 0.3) is 0 Å². The van der Waals surface area contributed by atoms with Crippen molar-refractivity contribution in [3.8, 4) is 17.2 Å². The van der Waals surface area contributed by atoms with Crippen molar-refractivity contribution in [1.29, 1.82) is 0 Å². The molecule has 1 aliphatic carbocycles. The predicted molar refractivity (Wildman–Crippen MR) is 126 cm³/mol. The number of rotatable bonds is 5. The molecule has 0 amide bonds. The van der Waals surface area contributed by atoms with Crippen molar-refractivity contribution in [1.82, 2.24) is 4.90 Å². The molecule has 1 unspecified atom stereocenters. The number of fused-ring (bicyclic) bond motifs is 4. The minimum absolute atomic E-state index is 0.0277. The molecule has 3 aliphatic rings. The van der Waals surface area contributed by atoms with Crippen LogP contribution >= 0.6 is 0 Å². The molecule has 5 rings (SSSR count). The van der Waals surface area contributed by atoms with E-state index in [-0.39, 0.29) is 11.9 Å². The number of nitrogens with zero attached hydrogens (tertiary/aromatic N) is 1. The summed E-state index contributed by atoms with van der Waals surface area (Å²) in [4.78, 5) is 2.10. The predicted octanol–water partition coefficient (Wildman–Crippen LogP) is 3.16.